The topological polar surface area (TPSA) is 87.2 Å². The van der Waals surface area contributed by atoms with Crippen molar-refractivity contribution in [1.82, 2.24) is 20.2 Å². The lowest BCUT2D eigenvalue weighted by Gasteiger charge is -2.25. The molecule has 0 bridgehead atoms. The van der Waals surface area contributed by atoms with Crippen molar-refractivity contribution < 1.29 is 14.0 Å². The molecule has 152 valence electrons. The fourth-order valence-corrected chi connectivity index (χ4v) is 3.65. The summed E-state index contributed by atoms with van der Waals surface area (Å²) in [5.41, 5.74) is 1.72. The monoisotopic (exact) mass is 397 g/mol. The number of hydrogen-bond acceptors (Lipinski definition) is 5. The normalized spacial score (nSPS) is 19.2. The van der Waals surface area contributed by atoms with E-state index in [1.807, 2.05) is 4.90 Å². The van der Waals surface area contributed by atoms with E-state index in [0.717, 1.165) is 32.2 Å². The summed E-state index contributed by atoms with van der Waals surface area (Å²) in [5, 5.41) is 5.79. The van der Waals surface area contributed by atoms with Gasteiger partial charge >= 0.3 is 0 Å². The largest absolute Gasteiger partial charge is 0.349 e. The average molecular weight is 397 g/mol. The van der Waals surface area contributed by atoms with Crippen LogP contribution in [0.3, 0.4) is 0 Å². The molecule has 2 aliphatic rings. The number of rotatable bonds is 6. The summed E-state index contributed by atoms with van der Waals surface area (Å²) >= 11 is 0. The fraction of sp³-hybridized carbons (Fsp3) is 0.429. The molecule has 8 heteroatoms. The third-order valence-electron chi connectivity index (χ3n) is 5.25. The Morgan fingerprint density at radius 3 is 2.69 bits per heavy atom. The van der Waals surface area contributed by atoms with Crippen molar-refractivity contribution in [2.75, 3.05) is 18.4 Å². The van der Waals surface area contributed by atoms with Gasteiger partial charge in [-0.2, -0.15) is 0 Å². The Morgan fingerprint density at radius 1 is 1.21 bits per heavy atom. The van der Waals surface area contributed by atoms with Gasteiger partial charge in [0.25, 0.3) is 5.91 Å². The second-order valence-electron chi connectivity index (χ2n) is 7.65. The molecule has 1 atom stereocenters. The molecule has 0 radical (unpaired) electrons. The Morgan fingerprint density at radius 2 is 1.97 bits per heavy atom. The minimum atomic E-state index is -0.348. The Bertz CT molecular complexity index is 914. The summed E-state index contributed by atoms with van der Waals surface area (Å²) < 4.78 is 13.0. The van der Waals surface area contributed by atoms with E-state index in [0.29, 0.717) is 22.8 Å². The summed E-state index contributed by atoms with van der Waals surface area (Å²) in [6.45, 7) is 2.72. The Kier molecular flexibility index (Phi) is 5.53. The van der Waals surface area contributed by atoms with E-state index in [4.69, 9.17) is 0 Å². The highest BCUT2D eigenvalue weighted by Crippen LogP contribution is 2.33. The molecule has 1 saturated carbocycles. The summed E-state index contributed by atoms with van der Waals surface area (Å²) in [7, 11) is 0. The highest BCUT2D eigenvalue weighted by Gasteiger charge is 2.33. The van der Waals surface area contributed by atoms with Crippen LogP contribution in [0, 0.1) is 12.7 Å². The predicted octanol–water partition coefficient (Wildman–Crippen LogP) is 2.59. The Hall–Kier alpha value is -2.87. The SMILES string of the molecule is Cc1ncc(C(=O)NC2CC2)c(C2CCCN2CC(=O)Nc2ccc(F)cc2)n1. The zero-order chi connectivity index (χ0) is 20.4. The lowest BCUT2D eigenvalue weighted by Crippen LogP contribution is -2.35. The van der Waals surface area contributed by atoms with Gasteiger partial charge in [0.15, 0.2) is 0 Å². The second-order valence-corrected chi connectivity index (χ2v) is 7.65. The van der Waals surface area contributed by atoms with Gasteiger partial charge in [-0.1, -0.05) is 0 Å². The lowest BCUT2D eigenvalue weighted by atomic mass is 10.1. The molecule has 4 rings (SSSR count). The van der Waals surface area contributed by atoms with Crippen molar-refractivity contribution >= 4 is 17.5 Å². The van der Waals surface area contributed by atoms with Crippen LogP contribution in [0.5, 0.6) is 0 Å². The molecule has 1 aromatic heterocycles. The molecular formula is C21H24FN5O2. The first kappa shape index (κ1) is 19.4. The molecule has 2 N–H and O–H groups in total. The Balaban J connectivity index is 1.49. The number of hydrogen-bond donors (Lipinski definition) is 2. The van der Waals surface area contributed by atoms with Crippen molar-refractivity contribution in [3.05, 3.63) is 53.4 Å². The van der Waals surface area contributed by atoms with Gasteiger partial charge in [-0.25, -0.2) is 14.4 Å². The van der Waals surface area contributed by atoms with Gasteiger partial charge in [-0.05, 0) is 63.4 Å². The molecule has 1 unspecified atom stereocenters. The number of aryl methyl sites for hydroxylation is 1. The summed E-state index contributed by atoms with van der Waals surface area (Å²) in [6.07, 6.45) is 5.34. The van der Waals surface area contributed by atoms with E-state index >= 15 is 0 Å². The molecule has 2 aromatic rings. The van der Waals surface area contributed by atoms with Crippen LogP contribution in [-0.2, 0) is 4.79 Å². The number of halogens is 1. The molecule has 1 saturated heterocycles. The van der Waals surface area contributed by atoms with E-state index in [9.17, 15) is 14.0 Å². The molecule has 1 aromatic carbocycles. The number of anilines is 1. The third-order valence-corrected chi connectivity index (χ3v) is 5.25. The van der Waals surface area contributed by atoms with Gasteiger partial charge in [0.1, 0.15) is 11.6 Å². The molecule has 2 heterocycles. The summed E-state index contributed by atoms with van der Waals surface area (Å²) in [5.74, 6) is -0.0762. The first-order valence-corrected chi connectivity index (χ1v) is 9.93. The quantitative estimate of drug-likeness (QED) is 0.782. The van der Waals surface area contributed by atoms with Crippen LogP contribution in [0.2, 0.25) is 0 Å². The van der Waals surface area contributed by atoms with Crippen LogP contribution < -0.4 is 10.6 Å². The van der Waals surface area contributed by atoms with E-state index in [1.165, 1.54) is 24.3 Å². The molecular weight excluding hydrogens is 373 g/mol. The average Bonchev–Trinajstić information content (AvgIpc) is 3.39. The van der Waals surface area contributed by atoms with E-state index in [-0.39, 0.29) is 36.3 Å². The van der Waals surface area contributed by atoms with E-state index in [2.05, 4.69) is 20.6 Å². The van der Waals surface area contributed by atoms with Gasteiger partial charge in [-0.15, -0.1) is 0 Å². The van der Waals surface area contributed by atoms with Gasteiger partial charge in [0.05, 0.1) is 23.8 Å². The molecule has 29 heavy (non-hydrogen) atoms. The first-order chi connectivity index (χ1) is 14.0. The minimum absolute atomic E-state index is 0.115. The number of carbonyl (C=O) groups excluding carboxylic acids is 2. The number of nitrogens with one attached hydrogen (secondary N) is 2. The van der Waals surface area contributed by atoms with Crippen LogP contribution in [0.25, 0.3) is 0 Å². The highest BCUT2D eigenvalue weighted by atomic mass is 19.1. The number of aromatic nitrogens is 2. The van der Waals surface area contributed by atoms with Crippen molar-refractivity contribution in [3.63, 3.8) is 0 Å². The zero-order valence-electron chi connectivity index (χ0n) is 16.3. The predicted molar refractivity (Wildman–Crippen MR) is 106 cm³/mol. The van der Waals surface area contributed by atoms with Gasteiger partial charge < -0.3 is 10.6 Å². The maximum absolute atomic E-state index is 13.0. The van der Waals surface area contributed by atoms with Crippen LogP contribution >= 0.6 is 0 Å². The second kappa shape index (κ2) is 8.24. The minimum Gasteiger partial charge on any atom is -0.349 e. The van der Waals surface area contributed by atoms with Crippen LogP contribution in [0.4, 0.5) is 10.1 Å². The zero-order valence-corrected chi connectivity index (χ0v) is 16.3. The molecule has 2 fully saturated rings. The molecule has 1 aliphatic carbocycles. The van der Waals surface area contributed by atoms with Gasteiger partial charge in [-0.3, -0.25) is 14.5 Å². The number of amides is 2. The summed E-state index contributed by atoms with van der Waals surface area (Å²) in [4.78, 5) is 36.0. The number of carbonyl (C=O) groups is 2. The maximum atomic E-state index is 13.0. The highest BCUT2D eigenvalue weighted by molar-refractivity contribution is 5.95. The van der Waals surface area contributed by atoms with E-state index in [1.54, 1.807) is 13.1 Å². The van der Waals surface area contributed by atoms with Crippen LogP contribution in [0.1, 0.15) is 53.6 Å². The van der Waals surface area contributed by atoms with Crippen molar-refractivity contribution in [2.24, 2.45) is 0 Å². The number of benzene rings is 1. The van der Waals surface area contributed by atoms with Crippen LogP contribution in [-0.4, -0.2) is 45.8 Å². The van der Waals surface area contributed by atoms with Crippen molar-refractivity contribution in [3.8, 4) is 0 Å². The molecule has 0 spiro atoms. The molecule has 2 amide bonds. The Labute approximate surface area is 168 Å². The first-order valence-electron chi connectivity index (χ1n) is 9.93. The van der Waals surface area contributed by atoms with Gasteiger partial charge in [0.2, 0.25) is 5.91 Å². The molecule has 1 aliphatic heterocycles. The van der Waals surface area contributed by atoms with E-state index < -0.39 is 0 Å². The van der Waals surface area contributed by atoms with Gasteiger partial charge in [0, 0.05) is 17.9 Å². The third kappa shape index (κ3) is 4.76. The molecule has 7 nitrogen and oxygen atoms in total. The maximum Gasteiger partial charge on any atom is 0.254 e. The van der Waals surface area contributed by atoms with Crippen LogP contribution in [0.15, 0.2) is 30.5 Å². The smallest absolute Gasteiger partial charge is 0.254 e. The van der Waals surface area contributed by atoms with Crippen molar-refractivity contribution in [2.45, 2.75) is 44.7 Å². The fourth-order valence-electron chi connectivity index (χ4n) is 3.65. The number of likely N-dealkylation sites (tertiary alicyclic amines) is 1. The lowest BCUT2D eigenvalue weighted by molar-refractivity contribution is -0.117. The standard InChI is InChI=1S/C21H24FN5O2/c1-13-23-11-17(21(29)26-16-8-9-16)20(24-13)18-3-2-10-27(18)12-19(28)25-15-6-4-14(22)5-7-15/h4-7,11,16,18H,2-3,8-10,12H2,1H3,(H,25,28)(H,26,29). The number of nitrogens with zero attached hydrogens (tertiary/aromatic N) is 3. The summed E-state index contributed by atoms with van der Waals surface area (Å²) in [6, 6.07) is 5.81. The van der Waals surface area contributed by atoms with Crippen molar-refractivity contribution in [1.29, 1.82) is 0 Å².